The topological polar surface area (TPSA) is 114 Å². The summed E-state index contributed by atoms with van der Waals surface area (Å²) in [5.74, 6) is -0.869. The van der Waals surface area contributed by atoms with Crippen molar-refractivity contribution < 1.29 is 27.8 Å². The van der Waals surface area contributed by atoms with Crippen LogP contribution in [0.25, 0.3) is 5.57 Å². The molecular formula is C31H38F3N5O3. The molecular weight excluding hydrogens is 547 g/mol. The van der Waals surface area contributed by atoms with Crippen molar-refractivity contribution in [2.75, 3.05) is 30.3 Å². The largest absolute Gasteiger partial charge is 0.480 e. The highest BCUT2D eigenvalue weighted by Crippen LogP contribution is 2.54. The van der Waals surface area contributed by atoms with Gasteiger partial charge in [-0.3, -0.25) is 4.79 Å². The molecule has 2 aliphatic heterocycles. The molecule has 42 heavy (non-hydrogen) atoms. The first-order valence-corrected chi connectivity index (χ1v) is 14.3. The molecule has 3 atom stereocenters. The molecule has 4 N–H and O–H groups in total. The molecule has 0 radical (unpaired) electrons. The first-order chi connectivity index (χ1) is 19.7. The Balaban J connectivity index is 1.39. The molecule has 226 valence electrons. The second-order valence-corrected chi connectivity index (χ2v) is 12.8. The molecule has 11 heteroatoms. The summed E-state index contributed by atoms with van der Waals surface area (Å²) in [6.45, 7) is 7.11. The summed E-state index contributed by atoms with van der Waals surface area (Å²) >= 11 is 0. The number of nitrogen functional groups attached to an aromatic ring is 1. The minimum Gasteiger partial charge on any atom is -0.480 e. The third kappa shape index (κ3) is 5.84. The Labute approximate surface area is 243 Å². The number of aliphatic carboxylic acids is 1. The highest BCUT2D eigenvalue weighted by Gasteiger charge is 2.59. The predicted molar refractivity (Wildman–Crippen MR) is 155 cm³/mol. The van der Waals surface area contributed by atoms with Crippen LogP contribution in [0.1, 0.15) is 52.0 Å². The molecule has 3 heterocycles. The zero-order valence-electron chi connectivity index (χ0n) is 24.1. The quantitative estimate of drug-likeness (QED) is 0.409. The van der Waals surface area contributed by atoms with E-state index in [2.05, 4.69) is 15.3 Å². The van der Waals surface area contributed by atoms with Crippen LogP contribution in [0.4, 0.5) is 24.9 Å². The van der Waals surface area contributed by atoms with Gasteiger partial charge in [0.05, 0.1) is 0 Å². The molecule has 2 fully saturated rings. The molecule has 1 aromatic carbocycles. The number of piperidine rings is 1. The number of rotatable bonds is 6. The van der Waals surface area contributed by atoms with Gasteiger partial charge in [-0.1, -0.05) is 69.3 Å². The predicted octanol–water partition coefficient (Wildman–Crippen LogP) is 5.48. The minimum absolute atomic E-state index is 0.119. The number of aromatic nitrogens is 2. The van der Waals surface area contributed by atoms with Crippen LogP contribution in [-0.2, 0) is 4.79 Å². The third-order valence-corrected chi connectivity index (χ3v) is 9.24. The number of nitrogens with two attached hydrogens (primary N) is 1. The molecule has 3 aliphatic rings. The van der Waals surface area contributed by atoms with E-state index < -0.39 is 35.1 Å². The molecule has 0 amide bonds. The monoisotopic (exact) mass is 585 g/mol. The molecule has 2 saturated heterocycles. The second kappa shape index (κ2) is 10.9. The standard InChI is InChI=1S/C31H38F3N5O3/c1-28(2,3)30(11-9-21(10-12-30)20-7-5-4-6-8-20)26(31(32,33)34)42-24-17-23(37-27(35)38-24)39-15-13-29(14-16-39)18-22(25(40)41)36-19-29/h4-11,17,22,26,36H,12-16,18-19H2,1-3H3,(H,40,41)(H2,35,37,38)/t22-,26+,30?/m0/s1. The van der Waals surface area contributed by atoms with Crippen LogP contribution in [0.15, 0.2) is 54.6 Å². The number of hydrogen-bond acceptors (Lipinski definition) is 7. The van der Waals surface area contributed by atoms with Crippen molar-refractivity contribution in [3.05, 3.63) is 60.2 Å². The van der Waals surface area contributed by atoms with Crippen molar-refractivity contribution in [2.45, 2.75) is 64.8 Å². The van der Waals surface area contributed by atoms with Crippen LogP contribution in [0.2, 0.25) is 0 Å². The van der Waals surface area contributed by atoms with Crippen molar-refractivity contribution in [3.8, 4) is 5.88 Å². The van der Waals surface area contributed by atoms with Gasteiger partial charge in [-0.15, -0.1) is 0 Å². The summed E-state index contributed by atoms with van der Waals surface area (Å²) < 4.78 is 50.5. The summed E-state index contributed by atoms with van der Waals surface area (Å²) in [7, 11) is 0. The third-order valence-electron chi connectivity index (χ3n) is 9.24. The average molecular weight is 586 g/mol. The van der Waals surface area contributed by atoms with Crippen molar-refractivity contribution in [3.63, 3.8) is 0 Å². The van der Waals surface area contributed by atoms with Gasteiger partial charge < -0.3 is 25.8 Å². The van der Waals surface area contributed by atoms with Crippen LogP contribution >= 0.6 is 0 Å². The number of nitrogens with one attached hydrogen (secondary N) is 1. The number of nitrogens with zero attached hydrogens (tertiary/aromatic N) is 3. The zero-order chi connectivity index (χ0) is 30.3. The lowest BCUT2D eigenvalue weighted by atomic mass is 9.59. The van der Waals surface area contributed by atoms with Crippen molar-refractivity contribution in [1.82, 2.24) is 15.3 Å². The van der Waals surface area contributed by atoms with Crippen molar-refractivity contribution in [2.24, 2.45) is 16.2 Å². The first-order valence-electron chi connectivity index (χ1n) is 14.3. The molecule has 1 spiro atoms. The fourth-order valence-electron chi connectivity index (χ4n) is 6.56. The number of halogens is 3. The van der Waals surface area contributed by atoms with Crippen molar-refractivity contribution >= 4 is 23.3 Å². The van der Waals surface area contributed by atoms with E-state index in [-0.39, 0.29) is 23.7 Å². The van der Waals surface area contributed by atoms with E-state index in [1.165, 1.54) is 6.07 Å². The highest BCUT2D eigenvalue weighted by atomic mass is 19.4. The van der Waals surface area contributed by atoms with E-state index in [9.17, 15) is 23.1 Å². The van der Waals surface area contributed by atoms with Crippen molar-refractivity contribution in [1.29, 1.82) is 0 Å². The van der Waals surface area contributed by atoms with Gasteiger partial charge in [0.1, 0.15) is 11.9 Å². The van der Waals surface area contributed by atoms with Crippen LogP contribution in [0.3, 0.4) is 0 Å². The van der Waals surface area contributed by atoms with E-state index >= 15 is 0 Å². The molecule has 2 aromatic rings. The number of carboxylic acids is 1. The van der Waals surface area contributed by atoms with Gasteiger partial charge in [-0.2, -0.15) is 23.1 Å². The smallest absolute Gasteiger partial charge is 0.426 e. The summed E-state index contributed by atoms with van der Waals surface area (Å²) in [4.78, 5) is 21.7. The summed E-state index contributed by atoms with van der Waals surface area (Å²) in [5, 5.41) is 12.5. The van der Waals surface area contributed by atoms with Crippen LogP contribution in [0.5, 0.6) is 5.88 Å². The normalized spacial score (nSPS) is 24.9. The van der Waals surface area contributed by atoms with E-state index in [0.29, 0.717) is 31.9 Å². The van der Waals surface area contributed by atoms with Crippen LogP contribution < -0.4 is 20.7 Å². The van der Waals surface area contributed by atoms with E-state index in [0.717, 1.165) is 24.0 Å². The summed E-state index contributed by atoms with van der Waals surface area (Å²) in [5.41, 5.74) is 5.41. The number of alkyl halides is 3. The lowest BCUT2D eigenvalue weighted by molar-refractivity contribution is -0.236. The fraction of sp³-hybridized carbons (Fsp3) is 0.516. The number of carbonyl (C=O) groups is 1. The Kier molecular flexibility index (Phi) is 7.76. The number of ether oxygens (including phenoxy) is 1. The number of allylic oxidation sites excluding steroid dienone is 3. The van der Waals surface area contributed by atoms with Gasteiger partial charge in [0, 0.05) is 31.1 Å². The van der Waals surface area contributed by atoms with Gasteiger partial charge in [-0.25, -0.2) is 0 Å². The number of hydrogen-bond donors (Lipinski definition) is 3. The van der Waals surface area contributed by atoms with Gasteiger partial charge in [0.2, 0.25) is 17.9 Å². The Morgan fingerprint density at radius 2 is 1.86 bits per heavy atom. The Bertz CT molecular complexity index is 1360. The molecule has 0 saturated carbocycles. The Hall–Kier alpha value is -3.60. The van der Waals surface area contributed by atoms with E-state index in [1.807, 2.05) is 41.3 Å². The van der Waals surface area contributed by atoms with Gasteiger partial charge >= 0.3 is 12.1 Å². The SMILES string of the molecule is CC(C)(C)C1([C@@H](Oc2cc(N3CCC4(CC3)CN[C@H](C(=O)O)C4)nc(N)n2)C(F)(F)F)C=CC(c2ccccc2)=CC1. The van der Waals surface area contributed by atoms with E-state index in [1.54, 1.807) is 32.9 Å². The van der Waals surface area contributed by atoms with Gasteiger partial charge in [0.25, 0.3) is 0 Å². The Morgan fingerprint density at radius 1 is 1.17 bits per heavy atom. The lowest BCUT2D eigenvalue weighted by Gasteiger charge is -2.48. The summed E-state index contributed by atoms with van der Waals surface area (Å²) in [6, 6.07) is 10.4. The fourth-order valence-corrected chi connectivity index (χ4v) is 6.56. The van der Waals surface area contributed by atoms with Crippen LogP contribution in [0, 0.1) is 16.2 Å². The molecule has 5 rings (SSSR count). The van der Waals surface area contributed by atoms with E-state index in [4.69, 9.17) is 10.5 Å². The average Bonchev–Trinajstić information content (AvgIpc) is 3.35. The number of anilines is 2. The molecule has 1 aliphatic carbocycles. The highest BCUT2D eigenvalue weighted by molar-refractivity contribution is 5.75. The maximum atomic E-state index is 14.9. The zero-order valence-corrected chi connectivity index (χ0v) is 24.1. The van der Waals surface area contributed by atoms with Gasteiger partial charge in [-0.05, 0) is 47.6 Å². The van der Waals surface area contributed by atoms with Crippen LogP contribution in [-0.4, -0.2) is 59.0 Å². The second-order valence-electron chi connectivity index (χ2n) is 12.8. The maximum Gasteiger partial charge on any atom is 0.426 e. The summed E-state index contributed by atoms with van der Waals surface area (Å²) in [6.07, 6.45) is 0.458. The number of carboxylic acid groups (broad SMARTS) is 1. The first kappa shape index (κ1) is 29.9. The number of benzene rings is 1. The molecule has 0 bridgehead atoms. The maximum absolute atomic E-state index is 14.9. The molecule has 8 nitrogen and oxygen atoms in total. The Morgan fingerprint density at radius 3 is 2.40 bits per heavy atom. The minimum atomic E-state index is -4.71. The molecule has 1 aromatic heterocycles. The van der Waals surface area contributed by atoms with Gasteiger partial charge in [0.15, 0.2) is 0 Å². The lowest BCUT2D eigenvalue weighted by Crippen LogP contribution is -2.55. The molecule has 1 unspecified atom stereocenters.